The van der Waals surface area contributed by atoms with Crippen LogP contribution in [0.15, 0.2) is 30.5 Å². The number of hydrogen-bond acceptors (Lipinski definition) is 3. The third-order valence-corrected chi connectivity index (χ3v) is 5.78. The van der Waals surface area contributed by atoms with E-state index in [-0.39, 0.29) is 11.3 Å². The van der Waals surface area contributed by atoms with Crippen molar-refractivity contribution in [3.63, 3.8) is 0 Å². The van der Waals surface area contributed by atoms with Crippen molar-refractivity contribution in [2.24, 2.45) is 11.3 Å². The Morgan fingerprint density at radius 2 is 2.21 bits per heavy atom. The number of carbonyl (C=O) groups is 1. The Hall–Kier alpha value is -1.85. The molecule has 4 rings (SSSR count). The number of nitrogens with zero attached hydrogens (tertiary/aromatic N) is 1. The topological polar surface area (TPSA) is 54.6 Å². The fraction of sp³-hybridized carbons (Fsp3) is 0.526. The first-order valence-corrected chi connectivity index (χ1v) is 8.65. The highest BCUT2D eigenvalue weighted by Crippen LogP contribution is 2.44. The second kappa shape index (κ2) is 6.22. The van der Waals surface area contributed by atoms with Crippen LogP contribution < -0.4 is 0 Å². The normalized spacial score (nSPS) is 23.2. The van der Waals surface area contributed by atoms with E-state index in [1.807, 2.05) is 35.4 Å². The minimum atomic E-state index is 0.129. The van der Waals surface area contributed by atoms with Crippen molar-refractivity contribution >= 4 is 16.8 Å². The van der Waals surface area contributed by atoms with Crippen LogP contribution in [-0.4, -0.2) is 55.8 Å². The van der Waals surface area contributed by atoms with Crippen LogP contribution in [-0.2, 0) is 9.47 Å². The highest BCUT2D eigenvalue weighted by Gasteiger charge is 2.48. The van der Waals surface area contributed by atoms with E-state index in [1.165, 1.54) is 0 Å². The number of aromatic amines is 1. The van der Waals surface area contributed by atoms with Crippen molar-refractivity contribution in [3.05, 3.63) is 36.0 Å². The van der Waals surface area contributed by atoms with Gasteiger partial charge in [-0.05, 0) is 36.5 Å². The molecule has 24 heavy (non-hydrogen) atoms. The van der Waals surface area contributed by atoms with Crippen molar-refractivity contribution in [2.75, 3.05) is 40.0 Å². The molecule has 1 aromatic heterocycles. The number of likely N-dealkylation sites (tertiary alicyclic amines) is 1. The zero-order chi connectivity index (χ0) is 16.6. The van der Waals surface area contributed by atoms with E-state index in [1.54, 1.807) is 7.11 Å². The number of fused-ring (bicyclic) bond motifs is 1. The molecule has 2 saturated heterocycles. The zero-order valence-corrected chi connectivity index (χ0v) is 14.1. The van der Waals surface area contributed by atoms with Gasteiger partial charge in [0.25, 0.3) is 5.91 Å². The average Bonchev–Trinajstić information content (AvgIpc) is 3.21. The molecular weight excluding hydrogens is 304 g/mol. The number of nitrogens with one attached hydrogen (secondary N) is 1. The van der Waals surface area contributed by atoms with Gasteiger partial charge < -0.3 is 19.4 Å². The number of ether oxygens (including phenoxy) is 2. The summed E-state index contributed by atoms with van der Waals surface area (Å²) in [6.45, 7) is 3.86. The molecule has 2 fully saturated rings. The van der Waals surface area contributed by atoms with Crippen LogP contribution in [0, 0.1) is 11.3 Å². The lowest BCUT2D eigenvalue weighted by Crippen LogP contribution is -2.39. The SMILES string of the molecule is COCC1CN(C(=O)c2cccc3[nH]ccc23)CC12CCOCC2. The highest BCUT2D eigenvalue weighted by molar-refractivity contribution is 6.06. The van der Waals surface area contributed by atoms with Gasteiger partial charge >= 0.3 is 0 Å². The Labute approximate surface area is 141 Å². The molecule has 1 N–H and O–H groups in total. The number of amides is 1. The summed E-state index contributed by atoms with van der Waals surface area (Å²) in [7, 11) is 1.75. The van der Waals surface area contributed by atoms with E-state index < -0.39 is 0 Å². The molecule has 5 nitrogen and oxygen atoms in total. The van der Waals surface area contributed by atoms with Gasteiger partial charge in [0, 0.05) is 62.0 Å². The van der Waals surface area contributed by atoms with Gasteiger partial charge in [-0.1, -0.05) is 6.07 Å². The number of methoxy groups -OCH3 is 1. The number of aromatic nitrogens is 1. The summed E-state index contributed by atoms with van der Waals surface area (Å²) in [5.74, 6) is 0.519. The van der Waals surface area contributed by atoms with Crippen LogP contribution in [0.25, 0.3) is 10.9 Å². The van der Waals surface area contributed by atoms with Crippen molar-refractivity contribution in [3.8, 4) is 0 Å². The molecule has 1 unspecified atom stereocenters. The summed E-state index contributed by atoms with van der Waals surface area (Å²) in [6.07, 6.45) is 3.91. The van der Waals surface area contributed by atoms with Crippen LogP contribution in [0.3, 0.4) is 0 Å². The predicted molar refractivity (Wildman–Crippen MR) is 92.1 cm³/mol. The average molecular weight is 328 g/mol. The van der Waals surface area contributed by atoms with Gasteiger partial charge in [-0.3, -0.25) is 4.79 Å². The molecule has 1 amide bonds. The van der Waals surface area contributed by atoms with E-state index in [2.05, 4.69) is 4.98 Å². The first kappa shape index (κ1) is 15.7. The van der Waals surface area contributed by atoms with Gasteiger partial charge in [0.15, 0.2) is 0 Å². The molecular formula is C19H24N2O3. The smallest absolute Gasteiger partial charge is 0.254 e. The molecule has 0 aliphatic carbocycles. The molecule has 3 heterocycles. The molecule has 0 radical (unpaired) electrons. The van der Waals surface area contributed by atoms with Crippen molar-refractivity contribution in [1.29, 1.82) is 0 Å². The summed E-state index contributed by atoms with van der Waals surface area (Å²) < 4.78 is 11.0. The zero-order valence-electron chi connectivity index (χ0n) is 14.1. The monoisotopic (exact) mass is 328 g/mol. The van der Waals surface area contributed by atoms with E-state index in [0.717, 1.165) is 55.6 Å². The van der Waals surface area contributed by atoms with Crippen LogP contribution in [0.1, 0.15) is 23.2 Å². The lowest BCUT2D eigenvalue weighted by molar-refractivity contribution is -0.0169. The fourth-order valence-corrected chi connectivity index (χ4v) is 4.41. The molecule has 0 saturated carbocycles. The third-order valence-electron chi connectivity index (χ3n) is 5.78. The molecule has 1 spiro atoms. The number of carbonyl (C=O) groups excluding carboxylic acids is 1. The molecule has 2 aliphatic heterocycles. The van der Waals surface area contributed by atoms with E-state index in [9.17, 15) is 4.79 Å². The van der Waals surface area contributed by atoms with E-state index >= 15 is 0 Å². The Morgan fingerprint density at radius 1 is 1.38 bits per heavy atom. The Bertz CT molecular complexity index is 733. The quantitative estimate of drug-likeness (QED) is 0.942. The van der Waals surface area contributed by atoms with Crippen LogP contribution in [0.4, 0.5) is 0 Å². The summed E-state index contributed by atoms with van der Waals surface area (Å²) in [5, 5.41) is 0.999. The maximum absolute atomic E-state index is 13.2. The lowest BCUT2D eigenvalue weighted by Gasteiger charge is -2.37. The minimum Gasteiger partial charge on any atom is -0.384 e. The maximum atomic E-state index is 13.2. The lowest BCUT2D eigenvalue weighted by atomic mass is 9.72. The van der Waals surface area contributed by atoms with Crippen molar-refractivity contribution < 1.29 is 14.3 Å². The molecule has 1 atom stereocenters. The molecule has 0 bridgehead atoms. The van der Waals surface area contributed by atoms with Gasteiger partial charge in [0.1, 0.15) is 0 Å². The third kappa shape index (κ3) is 2.52. The van der Waals surface area contributed by atoms with Crippen molar-refractivity contribution in [1.82, 2.24) is 9.88 Å². The second-order valence-electron chi connectivity index (χ2n) is 7.06. The largest absolute Gasteiger partial charge is 0.384 e. The molecule has 2 aromatic rings. The van der Waals surface area contributed by atoms with Gasteiger partial charge in [-0.25, -0.2) is 0 Å². The summed E-state index contributed by atoms with van der Waals surface area (Å²) in [6, 6.07) is 7.86. The first-order chi connectivity index (χ1) is 11.7. The van der Waals surface area contributed by atoms with E-state index in [4.69, 9.17) is 9.47 Å². The Morgan fingerprint density at radius 3 is 3.00 bits per heavy atom. The Balaban J connectivity index is 1.62. The van der Waals surface area contributed by atoms with Crippen LogP contribution >= 0.6 is 0 Å². The summed E-state index contributed by atoms with van der Waals surface area (Å²) in [4.78, 5) is 18.4. The standard InChI is InChI=1S/C19H24N2O3/c1-23-12-14-11-21(13-19(14)6-9-24-10-7-19)18(22)16-3-2-4-17-15(16)5-8-20-17/h2-5,8,14,20H,6-7,9-13H2,1H3. The molecule has 128 valence electrons. The Kier molecular flexibility index (Phi) is 4.06. The van der Waals surface area contributed by atoms with E-state index in [0.29, 0.717) is 12.5 Å². The minimum absolute atomic E-state index is 0.129. The van der Waals surface area contributed by atoms with Crippen LogP contribution in [0.2, 0.25) is 0 Å². The fourth-order valence-electron chi connectivity index (χ4n) is 4.41. The summed E-state index contributed by atoms with van der Waals surface area (Å²) >= 11 is 0. The molecule has 5 heteroatoms. The van der Waals surface area contributed by atoms with Gasteiger partial charge in [0.2, 0.25) is 0 Å². The summed E-state index contributed by atoms with van der Waals surface area (Å²) in [5.41, 5.74) is 1.94. The van der Waals surface area contributed by atoms with Crippen molar-refractivity contribution in [2.45, 2.75) is 12.8 Å². The number of H-pyrrole nitrogens is 1. The first-order valence-electron chi connectivity index (χ1n) is 8.65. The van der Waals surface area contributed by atoms with Crippen LogP contribution in [0.5, 0.6) is 0 Å². The highest BCUT2D eigenvalue weighted by atomic mass is 16.5. The predicted octanol–water partition coefficient (Wildman–Crippen LogP) is 2.68. The second-order valence-corrected chi connectivity index (χ2v) is 7.06. The van der Waals surface area contributed by atoms with Gasteiger partial charge in [-0.15, -0.1) is 0 Å². The molecule has 1 aromatic carbocycles. The number of hydrogen-bond donors (Lipinski definition) is 1. The number of rotatable bonds is 3. The number of benzene rings is 1. The maximum Gasteiger partial charge on any atom is 0.254 e. The molecule has 2 aliphatic rings. The van der Waals surface area contributed by atoms with Gasteiger partial charge in [-0.2, -0.15) is 0 Å². The van der Waals surface area contributed by atoms with Gasteiger partial charge in [0.05, 0.1) is 6.61 Å².